The van der Waals surface area contributed by atoms with Crippen molar-refractivity contribution in [3.8, 4) is 5.75 Å². The van der Waals surface area contributed by atoms with Gasteiger partial charge in [0.1, 0.15) is 5.75 Å². The fourth-order valence-electron chi connectivity index (χ4n) is 2.46. The highest BCUT2D eigenvalue weighted by molar-refractivity contribution is 9.10. The number of aryl methyl sites for hydroxylation is 1. The maximum Gasteiger partial charge on any atom is 0.118 e. The van der Waals surface area contributed by atoms with Gasteiger partial charge in [0, 0.05) is 4.47 Å². The van der Waals surface area contributed by atoms with E-state index in [1.54, 1.807) is 7.11 Å². The van der Waals surface area contributed by atoms with Crippen LogP contribution in [0.3, 0.4) is 0 Å². The van der Waals surface area contributed by atoms with E-state index in [4.69, 9.17) is 4.74 Å². The zero-order valence-corrected chi connectivity index (χ0v) is 14.4. The fourth-order valence-corrected chi connectivity index (χ4v) is 2.93. The van der Waals surface area contributed by atoms with Gasteiger partial charge in [0.05, 0.1) is 13.2 Å². The SMILES string of the molecule is CCCNC(c1ccc(OC)cc1)c1ccc(Br)cc1C. The first-order chi connectivity index (χ1) is 10.2. The lowest BCUT2D eigenvalue weighted by molar-refractivity contribution is 0.414. The maximum atomic E-state index is 5.25. The summed E-state index contributed by atoms with van der Waals surface area (Å²) in [6.45, 7) is 5.34. The number of ether oxygens (including phenoxy) is 1. The highest BCUT2D eigenvalue weighted by Crippen LogP contribution is 2.28. The summed E-state index contributed by atoms with van der Waals surface area (Å²) < 4.78 is 6.37. The minimum Gasteiger partial charge on any atom is -0.497 e. The van der Waals surface area contributed by atoms with Gasteiger partial charge in [-0.3, -0.25) is 0 Å². The minimum absolute atomic E-state index is 0.212. The van der Waals surface area contributed by atoms with Crippen molar-refractivity contribution >= 4 is 15.9 Å². The summed E-state index contributed by atoms with van der Waals surface area (Å²) in [5, 5.41) is 3.64. The standard InChI is InChI=1S/C18H22BrNO/c1-4-11-20-18(14-5-8-16(21-3)9-6-14)17-10-7-15(19)12-13(17)2/h5-10,12,18,20H,4,11H2,1-3H3. The van der Waals surface area contributed by atoms with Crippen LogP contribution >= 0.6 is 15.9 Å². The van der Waals surface area contributed by atoms with Crippen LogP contribution in [0.15, 0.2) is 46.9 Å². The highest BCUT2D eigenvalue weighted by atomic mass is 79.9. The molecule has 0 fully saturated rings. The highest BCUT2D eigenvalue weighted by Gasteiger charge is 2.15. The van der Waals surface area contributed by atoms with Crippen LogP contribution in [0.5, 0.6) is 5.75 Å². The smallest absolute Gasteiger partial charge is 0.118 e. The van der Waals surface area contributed by atoms with E-state index in [1.165, 1.54) is 16.7 Å². The van der Waals surface area contributed by atoms with Gasteiger partial charge in [-0.2, -0.15) is 0 Å². The third-order valence-electron chi connectivity index (χ3n) is 3.59. The first-order valence-electron chi connectivity index (χ1n) is 7.29. The lowest BCUT2D eigenvalue weighted by Crippen LogP contribution is -2.23. The Morgan fingerprint density at radius 2 is 1.86 bits per heavy atom. The summed E-state index contributed by atoms with van der Waals surface area (Å²) in [4.78, 5) is 0. The Balaban J connectivity index is 2.36. The lowest BCUT2D eigenvalue weighted by Gasteiger charge is -2.22. The predicted octanol–water partition coefficient (Wildman–Crippen LogP) is 4.86. The Morgan fingerprint density at radius 1 is 1.14 bits per heavy atom. The molecule has 2 nitrogen and oxygen atoms in total. The monoisotopic (exact) mass is 347 g/mol. The molecule has 112 valence electrons. The molecule has 21 heavy (non-hydrogen) atoms. The van der Waals surface area contributed by atoms with Crippen molar-refractivity contribution in [3.05, 3.63) is 63.6 Å². The van der Waals surface area contributed by atoms with E-state index in [-0.39, 0.29) is 6.04 Å². The van der Waals surface area contributed by atoms with Gasteiger partial charge >= 0.3 is 0 Å². The van der Waals surface area contributed by atoms with Gasteiger partial charge < -0.3 is 10.1 Å². The van der Waals surface area contributed by atoms with Crippen molar-refractivity contribution in [2.75, 3.05) is 13.7 Å². The first kappa shape index (κ1) is 16.1. The molecule has 1 unspecified atom stereocenters. The first-order valence-corrected chi connectivity index (χ1v) is 8.08. The molecule has 0 saturated carbocycles. The van der Waals surface area contributed by atoms with E-state index in [2.05, 4.69) is 65.4 Å². The van der Waals surface area contributed by atoms with Gasteiger partial charge in [0.15, 0.2) is 0 Å². The van der Waals surface area contributed by atoms with E-state index in [1.807, 2.05) is 12.1 Å². The van der Waals surface area contributed by atoms with E-state index in [9.17, 15) is 0 Å². The molecule has 0 spiro atoms. The molecule has 0 amide bonds. The molecule has 1 atom stereocenters. The van der Waals surface area contributed by atoms with Crippen molar-refractivity contribution < 1.29 is 4.74 Å². The third-order valence-corrected chi connectivity index (χ3v) is 4.08. The van der Waals surface area contributed by atoms with E-state index in [0.717, 1.165) is 23.2 Å². The Kier molecular flexibility index (Phi) is 5.83. The summed E-state index contributed by atoms with van der Waals surface area (Å²) >= 11 is 3.54. The van der Waals surface area contributed by atoms with Gasteiger partial charge in [-0.15, -0.1) is 0 Å². The zero-order valence-electron chi connectivity index (χ0n) is 12.8. The molecule has 0 saturated heterocycles. The molecule has 0 aliphatic heterocycles. The number of methoxy groups -OCH3 is 1. The molecule has 0 heterocycles. The molecule has 0 aliphatic rings. The van der Waals surface area contributed by atoms with Crippen LogP contribution in [0.25, 0.3) is 0 Å². The molecule has 0 aromatic heterocycles. The summed E-state index contributed by atoms with van der Waals surface area (Å²) in [7, 11) is 1.70. The molecule has 2 rings (SSSR count). The molecule has 1 N–H and O–H groups in total. The number of nitrogens with one attached hydrogen (secondary N) is 1. The van der Waals surface area contributed by atoms with Crippen LogP contribution in [-0.2, 0) is 0 Å². The normalized spacial score (nSPS) is 12.2. The van der Waals surface area contributed by atoms with Gasteiger partial charge in [-0.25, -0.2) is 0 Å². The summed E-state index contributed by atoms with van der Waals surface area (Å²) in [6, 6.07) is 15.0. The summed E-state index contributed by atoms with van der Waals surface area (Å²) in [5.74, 6) is 0.889. The average Bonchev–Trinajstić information content (AvgIpc) is 2.50. The van der Waals surface area contributed by atoms with Crippen LogP contribution in [0, 0.1) is 6.92 Å². The quantitative estimate of drug-likeness (QED) is 0.805. The van der Waals surface area contributed by atoms with Crippen LogP contribution in [0.1, 0.15) is 36.1 Å². The van der Waals surface area contributed by atoms with Crippen molar-refractivity contribution in [2.24, 2.45) is 0 Å². The molecule has 0 radical (unpaired) electrons. The van der Waals surface area contributed by atoms with Crippen molar-refractivity contribution in [3.63, 3.8) is 0 Å². The largest absolute Gasteiger partial charge is 0.497 e. The molecule has 0 bridgehead atoms. The Morgan fingerprint density at radius 3 is 2.43 bits per heavy atom. The van der Waals surface area contributed by atoms with Gasteiger partial charge in [-0.05, 0) is 60.8 Å². The zero-order chi connectivity index (χ0) is 15.2. The Bertz CT molecular complexity index is 580. The number of hydrogen-bond donors (Lipinski definition) is 1. The van der Waals surface area contributed by atoms with Gasteiger partial charge in [0.2, 0.25) is 0 Å². The molecular weight excluding hydrogens is 326 g/mol. The molecular formula is C18H22BrNO. The Labute approximate surface area is 135 Å². The molecule has 2 aromatic carbocycles. The van der Waals surface area contributed by atoms with Crippen molar-refractivity contribution in [1.29, 1.82) is 0 Å². The second-order valence-electron chi connectivity index (χ2n) is 5.16. The number of hydrogen-bond acceptors (Lipinski definition) is 2. The summed E-state index contributed by atoms with van der Waals surface area (Å²) in [5.41, 5.74) is 3.86. The molecule has 0 aliphatic carbocycles. The third kappa shape index (κ3) is 4.08. The molecule has 2 aromatic rings. The van der Waals surface area contributed by atoms with E-state index in [0.29, 0.717) is 0 Å². The summed E-state index contributed by atoms with van der Waals surface area (Å²) in [6.07, 6.45) is 1.11. The maximum absolute atomic E-state index is 5.25. The average molecular weight is 348 g/mol. The molecule has 3 heteroatoms. The van der Waals surface area contributed by atoms with E-state index >= 15 is 0 Å². The van der Waals surface area contributed by atoms with Crippen LogP contribution < -0.4 is 10.1 Å². The van der Waals surface area contributed by atoms with Crippen LogP contribution in [0.2, 0.25) is 0 Å². The van der Waals surface area contributed by atoms with Gasteiger partial charge in [-0.1, -0.05) is 41.1 Å². The Hall–Kier alpha value is -1.32. The number of halogens is 1. The van der Waals surface area contributed by atoms with E-state index < -0.39 is 0 Å². The fraction of sp³-hybridized carbons (Fsp3) is 0.333. The second kappa shape index (κ2) is 7.62. The second-order valence-corrected chi connectivity index (χ2v) is 6.08. The number of rotatable bonds is 6. The van der Waals surface area contributed by atoms with Crippen LogP contribution in [0.4, 0.5) is 0 Å². The lowest BCUT2D eigenvalue weighted by atomic mass is 9.95. The van der Waals surface area contributed by atoms with Gasteiger partial charge in [0.25, 0.3) is 0 Å². The topological polar surface area (TPSA) is 21.3 Å². The number of benzene rings is 2. The van der Waals surface area contributed by atoms with Crippen molar-refractivity contribution in [2.45, 2.75) is 26.3 Å². The van der Waals surface area contributed by atoms with Crippen LogP contribution in [-0.4, -0.2) is 13.7 Å². The minimum atomic E-state index is 0.212. The predicted molar refractivity (Wildman–Crippen MR) is 92.0 cm³/mol. The van der Waals surface area contributed by atoms with Crippen molar-refractivity contribution in [1.82, 2.24) is 5.32 Å².